The van der Waals surface area contributed by atoms with Gasteiger partial charge in [-0.05, 0) is 49.2 Å². The van der Waals surface area contributed by atoms with E-state index in [1.54, 1.807) is 36.4 Å². The summed E-state index contributed by atoms with van der Waals surface area (Å²) in [5, 5.41) is 5.60. The maximum Gasteiger partial charge on any atom is 0.291 e. The summed E-state index contributed by atoms with van der Waals surface area (Å²) in [5.74, 6) is -0.171. The van der Waals surface area contributed by atoms with Gasteiger partial charge >= 0.3 is 0 Å². The van der Waals surface area contributed by atoms with Crippen LogP contribution in [-0.4, -0.2) is 11.8 Å². The zero-order valence-electron chi connectivity index (χ0n) is 14.5. The van der Waals surface area contributed by atoms with Crippen LogP contribution in [0.3, 0.4) is 0 Å². The third-order valence-electron chi connectivity index (χ3n) is 3.91. The minimum atomic E-state index is -0.335. The van der Waals surface area contributed by atoms with E-state index in [0.29, 0.717) is 24.2 Å². The summed E-state index contributed by atoms with van der Waals surface area (Å²) < 4.78 is 5.06. The summed E-state index contributed by atoms with van der Waals surface area (Å²) >= 11 is 0. The van der Waals surface area contributed by atoms with E-state index in [1.807, 2.05) is 31.2 Å². The molecule has 2 N–H and O–H groups in total. The van der Waals surface area contributed by atoms with E-state index in [0.717, 1.165) is 5.56 Å². The van der Waals surface area contributed by atoms with E-state index in [-0.39, 0.29) is 17.6 Å². The summed E-state index contributed by atoms with van der Waals surface area (Å²) in [5.41, 5.74) is 3.55. The van der Waals surface area contributed by atoms with Gasteiger partial charge in [0.25, 0.3) is 5.91 Å². The standard InChI is InChI=1S/C21H20N2O3/c1-15-7-9-16(10-8-15)11-12-20(24)22-17-4-2-5-18(14-17)23-21(25)19-6-3-13-26-19/h2-10,13-14H,11-12H2,1H3,(H,22,24)(H,23,25). The van der Waals surface area contributed by atoms with Crippen molar-refractivity contribution >= 4 is 23.2 Å². The molecule has 0 fully saturated rings. The Morgan fingerprint density at radius 2 is 1.65 bits per heavy atom. The number of carbonyl (C=O) groups excluding carboxylic acids is 2. The number of benzene rings is 2. The Labute approximate surface area is 152 Å². The van der Waals surface area contributed by atoms with E-state index < -0.39 is 0 Å². The molecule has 0 unspecified atom stereocenters. The topological polar surface area (TPSA) is 71.3 Å². The fourth-order valence-electron chi connectivity index (χ4n) is 2.51. The first-order valence-electron chi connectivity index (χ1n) is 8.40. The second kappa shape index (κ2) is 8.16. The molecule has 5 heteroatoms. The molecule has 1 heterocycles. The molecule has 132 valence electrons. The molecule has 1 aromatic heterocycles. The van der Waals surface area contributed by atoms with Crippen LogP contribution in [0.1, 0.15) is 28.1 Å². The molecule has 3 aromatic rings. The Morgan fingerprint density at radius 1 is 0.923 bits per heavy atom. The zero-order chi connectivity index (χ0) is 18.4. The SMILES string of the molecule is Cc1ccc(CCC(=O)Nc2cccc(NC(=O)c3ccco3)c2)cc1. The highest BCUT2D eigenvalue weighted by Gasteiger charge is 2.09. The molecule has 3 rings (SSSR count). The molecule has 0 spiro atoms. The Bertz CT molecular complexity index is 884. The number of furan rings is 1. The summed E-state index contributed by atoms with van der Waals surface area (Å²) in [7, 11) is 0. The van der Waals surface area contributed by atoms with Gasteiger partial charge in [0.15, 0.2) is 5.76 Å². The molecule has 2 amide bonds. The third kappa shape index (κ3) is 4.83. The minimum absolute atomic E-state index is 0.0694. The number of anilines is 2. The summed E-state index contributed by atoms with van der Waals surface area (Å²) in [6.07, 6.45) is 2.52. The second-order valence-corrected chi connectivity index (χ2v) is 6.05. The largest absolute Gasteiger partial charge is 0.459 e. The summed E-state index contributed by atoms with van der Waals surface area (Å²) in [4.78, 5) is 24.2. The third-order valence-corrected chi connectivity index (χ3v) is 3.91. The van der Waals surface area contributed by atoms with Crippen LogP contribution in [0.15, 0.2) is 71.3 Å². The van der Waals surface area contributed by atoms with Crippen molar-refractivity contribution in [1.29, 1.82) is 0 Å². The summed E-state index contributed by atoms with van der Waals surface area (Å²) in [6, 6.07) is 18.4. The van der Waals surface area contributed by atoms with Crippen molar-refractivity contribution in [3.8, 4) is 0 Å². The maximum absolute atomic E-state index is 12.2. The first kappa shape index (κ1) is 17.5. The van der Waals surface area contributed by atoms with Gasteiger partial charge in [-0.2, -0.15) is 0 Å². The first-order valence-corrected chi connectivity index (χ1v) is 8.40. The lowest BCUT2D eigenvalue weighted by Gasteiger charge is -2.08. The minimum Gasteiger partial charge on any atom is -0.459 e. The van der Waals surface area contributed by atoms with E-state index in [1.165, 1.54) is 11.8 Å². The predicted molar refractivity (Wildman–Crippen MR) is 101 cm³/mol. The van der Waals surface area contributed by atoms with Crippen LogP contribution >= 0.6 is 0 Å². The van der Waals surface area contributed by atoms with E-state index in [2.05, 4.69) is 10.6 Å². The van der Waals surface area contributed by atoms with Gasteiger partial charge in [-0.1, -0.05) is 35.9 Å². The van der Waals surface area contributed by atoms with Crippen molar-refractivity contribution in [3.63, 3.8) is 0 Å². The smallest absolute Gasteiger partial charge is 0.291 e. The lowest BCUT2D eigenvalue weighted by atomic mass is 10.1. The van der Waals surface area contributed by atoms with Gasteiger partial charge < -0.3 is 15.1 Å². The van der Waals surface area contributed by atoms with Crippen LogP contribution in [0.25, 0.3) is 0 Å². The Morgan fingerprint density at radius 3 is 2.35 bits per heavy atom. The number of carbonyl (C=O) groups is 2. The molecule has 5 nitrogen and oxygen atoms in total. The average molecular weight is 348 g/mol. The maximum atomic E-state index is 12.2. The number of nitrogens with one attached hydrogen (secondary N) is 2. The second-order valence-electron chi connectivity index (χ2n) is 6.05. The molecule has 0 saturated carbocycles. The molecular weight excluding hydrogens is 328 g/mol. The van der Waals surface area contributed by atoms with Gasteiger partial charge in [0, 0.05) is 17.8 Å². The normalized spacial score (nSPS) is 10.3. The van der Waals surface area contributed by atoms with Gasteiger partial charge in [-0.15, -0.1) is 0 Å². The quantitative estimate of drug-likeness (QED) is 0.693. The Hall–Kier alpha value is -3.34. The van der Waals surface area contributed by atoms with Crippen molar-refractivity contribution in [2.75, 3.05) is 10.6 Å². The van der Waals surface area contributed by atoms with Gasteiger partial charge in [0.1, 0.15) is 0 Å². The van der Waals surface area contributed by atoms with Crippen molar-refractivity contribution in [1.82, 2.24) is 0 Å². The van der Waals surface area contributed by atoms with Crippen molar-refractivity contribution in [3.05, 3.63) is 83.8 Å². The molecule has 0 radical (unpaired) electrons. The number of hydrogen-bond donors (Lipinski definition) is 2. The molecule has 2 aromatic carbocycles. The lowest BCUT2D eigenvalue weighted by molar-refractivity contribution is -0.116. The molecule has 0 bridgehead atoms. The van der Waals surface area contributed by atoms with Crippen molar-refractivity contribution in [2.24, 2.45) is 0 Å². The number of rotatable bonds is 6. The lowest BCUT2D eigenvalue weighted by Crippen LogP contribution is -2.14. The number of aryl methyl sites for hydroxylation is 2. The molecule has 0 aliphatic rings. The molecule has 0 saturated heterocycles. The van der Waals surface area contributed by atoms with Gasteiger partial charge in [-0.3, -0.25) is 9.59 Å². The molecule has 0 aliphatic carbocycles. The van der Waals surface area contributed by atoms with Gasteiger partial charge in [-0.25, -0.2) is 0 Å². The molecule has 26 heavy (non-hydrogen) atoms. The molecule has 0 atom stereocenters. The fraction of sp³-hybridized carbons (Fsp3) is 0.143. The Balaban J connectivity index is 1.55. The summed E-state index contributed by atoms with van der Waals surface area (Å²) in [6.45, 7) is 2.04. The number of hydrogen-bond acceptors (Lipinski definition) is 3. The van der Waals surface area contributed by atoms with Crippen LogP contribution in [-0.2, 0) is 11.2 Å². The van der Waals surface area contributed by atoms with E-state index in [9.17, 15) is 9.59 Å². The fourth-order valence-corrected chi connectivity index (χ4v) is 2.51. The highest BCUT2D eigenvalue weighted by atomic mass is 16.3. The van der Waals surface area contributed by atoms with Crippen LogP contribution in [0.4, 0.5) is 11.4 Å². The van der Waals surface area contributed by atoms with Crippen molar-refractivity contribution < 1.29 is 14.0 Å². The molecule has 0 aliphatic heterocycles. The highest BCUT2D eigenvalue weighted by molar-refractivity contribution is 6.02. The monoisotopic (exact) mass is 348 g/mol. The average Bonchev–Trinajstić information content (AvgIpc) is 3.16. The zero-order valence-corrected chi connectivity index (χ0v) is 14.5. The number of amides is 2. The van der Waals surface area contributed by atoms with Gasteiger partial charge in [0.05, 0.1) is 6.26 Å². The van der Waals surface area contributed by atoms with Crippen LogP contribution < -0.4 is 10.6 Å². The predicted octanol–water partition coefficient (Wildman–Crippen LogP) is 4.41. The van der Waals surface area contributed by atoms with Crippen molar-refractivity contribution in [2.45, 2.75) is 19.8 Å². The Kier molecular flexibility index (Phi) is 5.49. The molecular formula is C21H20N2O3. The van der Waals surface area contributed by atoms with E-state index in [4.69, 9.17) is 4.42 Å². The van der Waals surface area contributed by atoms with Crippen LogP contribution in [0, 0.1) is 6.92 Å². The van der Waals surface area contributed by atoms with Crippen LogP contribution in [0.2, 0.25) is 0 Å². The first-order chi connectivity index (χ1) is 12.6. The highest BCUT2D eigenvalue weighted by Crippen LogP contribution is 2.17. The van der Waals surface area contributed by atoms with Crippen LogP contribution in [0.5, 0.6) is 0 Å². The van der Waals surface area contributed by atoms with E-state index >= 15 is 0 Å². The van der Waals surface area contributed by atoms with Gasteiger partial charge in [0.2, 0.25) is 5.91 Å².